The summed E-state index contributed by atoms with van der Waals surface area (Å²) in [5.74, 6) is -0.127. The van der Waals surface area contributed by atoms with Gasteiger partial charge in [-0.05, 0) is 24.2 Å². The average molecular weight is 318 g/mol. The fraction of sp³-hybridized carbons (Fsp3) is 0.533. The molecule has 0 fully saturated rings. The van der Waals surface area contributed by atoms with E-state index < -0.39 is 17.8 Å². The van der Waals surface area contributed by atoms with Gasteiger partial charge in [0, 0.05) is 20.6 Å². The van der Waals surface area contributed by atoms with Crippen molar-refractivity contribution in [1.82, 2.24) is 9.80 Å². The maximum atomic E-state index is 12.7. The average Bonchev–Trinajstić information content (AvgIpc) is 2.45. The van der Waals surface area contributed by atoms with Gasteiger partial charge in [0.25, 0.3) is 0 Å². The number of amides is 1. The number of rotatable bonds is 6. The number of aliphatic hydroxyl groups is 1. The standard InChI is InChI=1S/C15H21F3N2O2/c1-4-20(10-14(22)19(2)3)9-13(21)11-6-5-7-12(8-11)15(16,17)18/h5-8,13,21H,4,9-10H2,1-3H3/t13-/m1/s1. The van der Waals surface area contributed by atoms with Gasteiger partial charge in [0.1, 0.15) is 0 Å². The zero-order valence-corrected chi connectivity index (χ0v) is 12.9. The second-order valence-corrected chi connectivity index (χ2v) is 5.25. The minimum atomic E-state index is -4.44. The molecule has 1 aromatic carbocycles. The Hall–Kier alpha value is -1.60. The van der Waals surface area contributed by atoms with Crippen molar-refractivity contribution in [2.24, 2.45) is 0 Å². The highest BCUT2D eigenvalue weighted by Crippen LogP contribution is 2.30. The summed E-state index contributed by atoms with van der Waals surface area (Å²) < 4.78 is 38.0. The number of carbonyl (C=O) groups excluding carboxylic acids is 1. The van der Waals surface area contributed by atoms with Gasteiger partial charge in [-0.1, -0.05) is 19.1 Å². The van der Waals surface area contributed by atoms with Gasteiger partial charge in [-0.2, -0.15) is 13.2 Å². The lowest BCUT2D eigenvalue weighted by atomic mass is 10.1. The molecular formula is C15H21F3N2O2. The molecule has 1 N–H and O–H groups in total. The van der Waals surface area contributed by atoms with Crippen LogP contribution in [-0.4, -0.2) is 54.5 Å². The van der Waals surface area contributed by atoms with Crippen LogP contribution in [0.15, 0.2) is 24.3 Å². The first-order valence-corrected chi connectivity index (χ1v) is 6.92. The monoisotopic (exact) mass is 318 g/mol. The van der Waals surface area contributed by atoms with E-state index in [4.69, 9.17) is 0 Å². The lowest BCUT2D eigenvalue weighted by Gasteiger charge is -2.25. The molecule has 0 spiro atoms. The number of halogens is 3. The summed E-state index contributed by atoms with van der Waals surface area (Å²) in [6.07, 6.45) is -5.53. The topological polar surface area (TPSA) is 43.8 Å². The van der Waals surface area contributed by atoms with E-state index in [9.17, 15) is 23.1 Å². The molecule has 1 atom stereocenters. The molecule has 0 aliphatic heterocycles. The van der Waals surface area contributed by atoms with Gasteiger partial charge in [-0.3, -0.25) is 9.69 Å². The minimum absolute atomic E-state index is 0.0946. The van der Waals surface area contributed by atoms with E-state index in [1.165, 1.54) is 17.0 Å². The second kappa shape index (κ2) is 7.60. The molecule has 0 saturated heterocycles. The lowest BCUT2D eigenvalue weighted by Crippen LogP contribution is -2.38. The third-order valence-electron chi connectivity index (χ3n) is 3.33. The maximum absolute atomic E-state index is 12.7. The fourth-order valence-corrected chi connectivity index (χ4v) is 1.91. The Morgan fingerprint density at radius 3 is 2.45 bits per heavy atom. The number of hydrogen-bond donors (Lipinski definition) is 1. The van der Waals surface area contributed by atoms with Crippen LogP contribution in [0.3, 0.4) is 0 Å². The summed E-state index contributed by atoms with van der Waals surface area (Å²) in [4.78, 5) is 14.8. The molecule has 1 rings (SSSR count). The number of nitrogens with zero attached hydrogens (tertiary/aromatic N) is 2. The third-order valence-corrected chi connectivity index (χ3v) is 3.33. The Labute approximate surface area is 128 Å². The third kappa shape index (κ3) is 5.31. The van der Waals surface area contributed by atoms with Crippen molar-refractivity contribution in [3.8, 4) is 0 Å². The van der Waals surface area contributed by atoms with Crippen molar-refractivity contribution in [3.63, 3.8) is 0 Å². The van der Waals surface area contributed by atoms with Crippen molar-refractivity contribution in [2.45, 2.75) is 19.2 Å². The molecule has 0 aliphatic rings. The van der Waals surface area contributed by atoms with E-state index in [-0.39, 0.29) is 24.6 Å². The number of alkyl halides is 3. The van der Waals surface area contributed by atoms with Gasteiger partial charge in [0.05, 0.1) is 18.2 Å². The summed E-state index contributed by atoms with van der Waals surface area (Å²) in [5.41, 5.74) is -0.609. The van der Waals surface area contributed by atoms with E-state index >= 15 is 0 Å². The van der Waals surface area contributed by atoms with Gasteiger partial charge in [0.15, 0.2) is 0 Å². The predicted octanol–water partition coefficient (Wildman–Crippen LogP) is 2.15. The Bertz CT molecular complexity index is 504. The highest BCUT2D eigenvalue weighted by Gasteiger charge is 2.31. The first-order valence-electron chi connectivity index (χ1n) is 6.92. The van der Waals surface area contributed by atoms with Crippen LogP contribution < -0.4 is 0 Å². The Balaban J connectivity index is 2.79. The molecule has 0 aromatic heterocycles. The summed E-state index contributed by atoms with van der Waals surface area (Å²) in [6.45, 7) is 2.54. The Morgan fingerprint density at radius 2 is 1.95 bits per heavy atom. The van der Waals surface area contributed by atoms with Gasteiger partial charge in [-0.25, -0.2) is 0 Å². The van der Waals surface area contributed by atoms with Crippen LogP contribution in [0.1, 0.15) is 24.2 Å². The predicted molar refractivity (Wildman–Crippen MR) is 77.2 cm³/mol. The maximum Gasteiger partial charge on any atom is 0.416 e. The van der Waals surface area contributed by atoms with Crippen LogP contribution >= 0.6 is 0 Å². The van der Waals surface area contributed by atoms with E-state index in [0.29, 0.717) is 6.54 Å². The molecular weight excluding hydrogens is 297 g/mol. The molecule has 0 aliphatic carbocycles. The first kappa shape index (κ1) is 18.4. The summed E-state index contributed by atoms with van der Waals surface area (Å²) in [7, 11) is 3.25. The summed E-state index contributed by atoms with van der Waals surface area (Å²) in [6, 6.07) is 4.61. The smallest absolute Gasteiger partial charge is 0.387 e. The number of carbonyl (C=O) groups is 1. The number of aliphatic hydroxyl groups excluding tert-OH is 1. The molecule has 0 bridgehead atoms. The van der Waals surface area contributed by atoms with Crippen molar-refractivity contribution < 1.29 is 23.1 Å². The molecule has 0 saturated carbocycles. The van der Waals surface area contributed by atoms with Crippen LogP contribution in [0.4, 0.5) is 13.2 Å². The normalized spacial score (nSPS) is 13.3. The molecule has 1 aromatic rings. The van der Waals surface area contributed by atoms with Crippen molar-refractivity contribution in [3.05, 3.63) is 35.4 Å². The van der Waals surface area contributed by atoms with E-state index in [1.807, 2.05) is 6.92 Å². The molecule has 124 valence electrons. The van der Waals surface area contributed by atoms with E-state index in [2.05, 4.69) is 0 Å². The number of hydrogen-bond acceptors (Lipinski definition) is 3. The van der Waals surface area contributed by atoms with E-state index in [1.54, 1.807) is 19.0 Å². The molecule has 0 unspecified atom stereocenters. The molecule has 1 amide bonds. The summed E-state index contributed by atoms with van der Waals surface area (Å²) >= 11 is 0. The number of likely N-dealkylation sites (N-methyl/N-ethyl adjacent to an activating group) is 2. The Morgan fingerprint density at radius 1 is 1.32 bits per heavy atom. The molecule has 7 heteroatoms. The quantitative estimate of drug-likeness (QED) is 0.874. The first-order chi connectivity index (χ1) is 10.1. The van der Waals surface area contributed by atoms with Gasteiger partial charge in [0.2, 0.25) is 5.91 Å². The molecule has 22 heavy (non-hydrogen) atoms. The SMILES string of the molecule is CCN(CC(=O)N(C)C)C[C@@H](O)c1cccc(C(F)(F)F)c1. The fourth-order valence-electron chi connectivity index (χ4n) is 1.91. The van der Waals surface area contributed by atoms with Crippen molar-refractivity contribution in [2.75, 3.05) is 33.7 Å². The zero-order valence-electron chi connectivity index (χ0n) is 12.9. The van der Waals surface area contributed by atoms with Gasteiger partial charge >= 0.3 is 6.18 Å². The van der Waals surface area contributed by atoms with Crippen LogP contribution in [0.25, 0.3) is 0 Å². The zero-order chi connectivity index (χ0) is 16.9. The molecule has 0 radical (unpaired) electrons. The molecule has 4 nitrogen and oxygen atoms in total. The van der Waals surface area contributed by atoms with Crippen LogP contribution in [0, 0.1) is 0 Å². The van der Waals surface area contributed by atoms with E-state index in [0.717, 1.165) is 12.1 Å². The number of benzene rings is 1. The van der Waals surface area contributed by atoms with Crippen LogP contribution in [-0.2, 0) is 11.0 Å². The minimum Gasteiger partial charge on any atom is -0.387 e. The second-order valence-electron chi connectivity index (χ2n) is 5.25. The highest BCUT2D eigenvalue weighted by molar-refractivity contribution is 5.77. The van der Waals surface area contributed by atoms with Gasteiger partial charge < -0.3 is 10.0 Å². The highest BCUT2D eigenvalue weighted by atomic mass is 19.4. The van der Waals surface area contributed by atoms with Crippen LogP contribution in [0.2, 0.25) is 0 Å². The van der Waals surface area contributed by atoms with Crippen LogP contribution in [0.5, 0.6) is 0 Å². The summed E-state index contributed by atoms with van der Waals surface area (Å²) in [5, 5.41) is 10.1. The largest absolute Gasteiger partial charge is 0.416 e. The van der Waals surface area contributed by atoms with Gasteiger partial charge in [-0.15, -0.1) is 0 Å². The lowest BCUT2D eigenvalue weighted by molar-refractivity contribution is -0.137. The molecule has 0 heterocycles. The Kier molecular flexibility index (Phi) is 6.37. The van der Waals surface area contributed by atoms with Crippen molar-refractivity contribution >= 4 is 5.91 Å². The van der Waals surface area contributed by atoms with Crippen molar-refractivity contribution in [1.29, 1.82) is 0 Å².